The number of amides is 5. The lowest BCUT2D eigenvalue weighted by Crippen LogP contribution is -2.60. The van der Waals surface area contributed by atoms with Crippen molar-refractivity contribution in [1.29, 1.82) is 0 Å². The van der Waals surface area contributed by atoms with E-state index in [4.69, 9.17) is 9.47 Å². The van der Waals surface area contributed by atoms with Gasteiger partial charge in [-0.15, -0.1) is 0 Å². The molecule has 0 radical (unpaired) electrons. The Balaban J connectivity index is 1.24. The van der Waals surface area contributed by atoms with Crippen molar-refractivity contribution in [3.63, 3.8) is 0 Å². The lowest BCUT2D eigenvalue weighted by molar-refractivity contribution is -0.141. The molecule has 4 aliphatic heterocycles. The Bertz CT molecular complexity index is 1620. The van der Waals surface area contributed by atoms with Crippen molar-refractivity contribution in [2.24, 2.45) is 5.92 Å². The highest BCUT2D eigenvalue weighted by Gasteiger charge is 2.62. The van der Waals surface area contributed by atoms with E-state index in [0.29, 0.717) is 51.9 Å². The van der Waals surface area contributed by atoms with Gasteiger partial charge in [-0.25, -0.2) is 14.3 Å². The second-order valence-electron chi connectivity index (χ2n) is 15.5. The number of ether oxygens (including phenoxy) is 2. The summed E-state index contributed by atoms with van der Waals surface area (Å²) in [4.78, 5) is 71.4. The topological polar surface area (TPSA) is 184 Å². The number of benzene rings is 1. The van der Waals surface area contributed by atoms with E-state index in [1.54, 1.807) is 25.7 Å². The predicted octanol–water partition coefficient (Wildman–Crippen LogP) is 2.69. The van der Waals surface area contributed by atoms with Crippen molar-refractivity contribution in [3.8, 4) is 0 Å². The summed E-state index contributed by atoms with van der Waals surface area (Å²) in [5.74, 6) is -2.26. The molecular formula is C35H50N6O9S. The highest BCUT2D eigenvalue weighted by molar-refractivity contribution is 7.87. The molecule has 0 unspecified atom stereocenters. The molecule has 3 N–H and O–H groups in total. The molecule has 16 heteroatoms. The Morgan fingerprint density at radius 2 is 1.59 bits per heavy atom. The van der Waals surface area contributed by atoms with Crippen molar-refractivity contribution in [2.75, 3.05) is 19.6 Å². The third-order valence-corrected chi connectivity index (χ3v) is 12.0. The van der Waals surface area contributed by atoms with Crippen LogP contribution >= 0.6 is 0 Å². The smallest absolute Gasteiger partial charge is 0.410 e. The summed E-state index contributed by atoms with van der Waals surface area (Å²) in [5.41, 5.74) is -0.250. The molecule has 0 aromatic heterocycles. The molecule has 6 rings (SSSR count). The van der Waals surface area contributed by atoms with E-state index in [1.165, 1.54) is 9.21 Å². The number of fused-ring (bicyclic) bond motifs is 3. The molecule has 51 heavy (non-hydrogen) atoms. The fraction of sp³-hybridized carbons (Fsp3) is 0.686. The molecule has 280 valence electrons. The molecule has 0 bridgehead atoms. The van der Waals surface area contributed by atoms with E-state index in [1.807, 2.05) is 24.3 Å². The van der Waals surface area contributed by atoms with Gasteiger partial charge in [-0.2, -0.15) is 12.7 Å². The number of rotatable bonds is 5. The summed E-state index contributed by atoms with van der Waals surface area (Å²) in [6.45, 7) is 6.41. The van der Waals surface area contributed by atoms with Crippen LogP contribution in [-0.4, -0.2) is 101 Å². The van der Waals surface area contributed by atoms with Gasteiger partial charge in [-0.3, -0.25) is 19.3 Å². The zero-order chi connectivity index (χ0) is 36.6. The fourth-order valence-corrected chi connectivity index (χ4v) is 8.79. The molecule has 5 aliphatic rings. The minimum absolute atomic E-state index is 0.0439. The van der Waals surface area contributed by atoms with Crippen LogP contribution in [0.3, 0.4) is 0 Å². The standard InChI is InChI=1S/C35H50N6O9S/c1-34(2,3)50-32(45)36-27-15-8-6-4-5-7-14-25-19-35(25,31(44)38-51(47,48)40-16-11-17-40)37-29(42)28-18-26(22-41(28)30(27)43)49-33(46)39-20-23-12-9-10-13-24(23)21-39/h9-10,12-13,25-28H,4-8,11,14-22H2,1-3H3,(H,36,45)(H,37,42)(H,38,44)/t25-,26-,27+,28+,35-/m1/s1. The van der Waals surface area contributed by atoms with E-state index in [9.17, 15) is 32.4 Å². The summed E-state index contributed by atoms with van der Waals surface area (Å²) in [7, 11) is -4.07. The summed E-state index contributed by atoms with van der Waals surface area (Å²) >= 11 is 0. The van der Waals surface area contributed by atoms with Gasteiger partial charge in [0.2, 0.25) is 11.8 Å². The second-order valence-corrected chi connectivity index (χ2v) is 17.1. The van der Waals surface area contributed by atoms with Crippen LogP contribution in [-0.2, 0) is 47.2 Å². The van der Waals surface area contributed by atoms with E-state index in [2.05, 4.69) is 15.4 Å². The van der Waals surface area contributed by atoms with E-state index >= 15 is 0 Å². The second kappa shape index (κ2) is 14.6. The highest BCUT2D eigenvalue weighted by atomic mass is 32.2. The third kappa shape index (κ3) is 8.43. The summed E-state index contributed by atoms with van der Waals surface area (Å²) < 4.78 is 40.5. The molecule has 3 saturated heterocycles. The zero-order valence-corrected chi connectivity index (χ0v) is 30.5. The molecule has 5 amide bonds. The SMILES string of the molecule is CC(C)(C)OC(=O)N[C@H]1CCCCCCC[C@@H]2C[C@@]2(C(=O)NS(=O)(=O)N2CCC2)NC(=O)[C@@H]2C[C@@H](OC(=O)N3Cc4ccccc4C3)CN2C1=O. The van der Waals surface area contributed by atoms with Crippen molar-refractivity contribution in [2.45, 2.75) is 127 Å². The van der Waals surface area contributed by atoms with Gasteiger partial charge in [0.15, 0.2) is 0 Å². The number of carbonyl (C=O) groups is 5. The number of alkyl carbamates (subject to hydrolysis) is 1. The average Bonchev–Trinajstić information content (AvgIpc) is 3.33. The highest BCUT2D eigenvalue weighted by Crippen LogP contribution is 2.48. The molecule has 4 heterocycles. The number of hydrogen-bond donors (Lipinski definition) is 3. The molecule has 4 fully saturated rings. The van der Waals surface area contributed by atoms with Crippen LogP contribution in [0.5, 0.6) is 0 Å². The van der Waals surface area contributed by atoms with Crippen LogP contribution in [0.4, 0.5) is 9.59 Å². The van der Waals surface area contributed by atoms with E-state index in [0.717, 1.165) is 36.8 Å². The van der Waals surface area contributed by atoms with Gasteiger partial charge in [0.1, 0.15) is 29.3 Å². The van der Waals surface area contributed by atoms with Crippen molar-refractivity contribution >= 4 is 40.1 Å². The van der Waals surface area contributed by atoms with Crippen molar-refractivity contribution in [1.82, 2.24) is 29.5 Å². The lowest BCUT2D eigenvalue weighted by atomic mass is 10.0. The van der Waals surface area contributed by atoms with E-state index < -0.39 is 69.4 Å². The monoisotopic (exact) mass is 730 g/mol. The van der Waals surface area contributed by atoms with E-state index in [-0.39, 0.29) is 25.3 Å². The Kier molecular flexibility index (Phi) is 10.6. The van der Waals surface area contributed by atoms with Gasteiger partial charge in [0, 0.05) is 32.6 Å². The Labute approximate surface area is 299 Å². The van der Waals surface area contributed by atoms with Crippen LogP contribution in [0, 0.1) is 5.92 Å². The van der Waals surface area contributed by atoms with Gasteiger partial charge in [0.25, 0.3) is 5.91 Å². The first-order valence-electron chi connectivity index (χ1n) is 18.1. The number of nitrogens with one attached hydrogen (secondary N) is 3. The first-order valence-corrected chi connectivity index (χ1v) is 19.6. The molecule has 15 nitrogen and oxygen atoms in total. The molecule has 1 saturated carbocycles. The van der Waals surface area contributed by atoms with Gasteiger partial charge in [-0.1, -0.05) is 56.4 Å². The fourth-order valence-electron chi connectivity index (χ4n) is 7.50. The molecule has 1 aromatic rings. The molecule has 1 aliphatic carbocycles. The molecular weight excluding hydrogens is 680 g/mol. The van der Waals surface area contributed by atoms with Gasteiger partial charge < -0.3 is 25.0 Å². The van der Waals surface area contributed by atoms with Crippen LogP contribution < -0.4 is 15.4 Å². The largest absolute Gasteiger partial charge is 0.444 e. The van der Waals surface area contributed by atoms with Gasteiger partial charge in [-0.05, 0) is 63.5 Å². The van der Waals surface area contributed by atoms with Crippen molar-refractivity contribution < 1.29 is 41.9 Å². The summed E-state index contributed by atoms with van der Waals surface area (Å²) in [5, 5.41) is 5.57. The lowest BCUT2D eigenvalue weighted by Gasteiger charge is -2.32. The zero-order valence-electron chi connectivity index (χ0n) is 29.6. The van der Waals surface area contributed by atoms with Crippen LogP contribution in [0.15, 0.2) is 24.3 Å². The van der Waals surface area contributed by atoms with Gasteiger partial charge in [0.05, 0.1) is 6.54 Å². The number of hydrogen-bond acceptors (Lipinski definition) is 9. The number of nitrogens with zero attached hydrogens (tertiary/aromatic N) is 3. The van der Waals surface area contributed by atoms with Gasteiger partial charge >= 0.3 is 22.4 Å². The molecule has 0 spiro atoms. The maximum absolute atomic E-state index is 14.3. The Hall–Kier alpha value is -3.92. The summed E-state index contributed by atoms with van der Waals surface area (Å²) in [6, 6.07) is 5.52. The summed E-state index contributed by atoms with van der Waals surface area (Å²) in [6.07, 6.45) is 3.57. The van der Waals surface area contributed by atoms with Crippen LogP contribution in [0.1, 0.15) is 96.1 Å². The number of carbonyl (C=O) groups excluding carboxylic acids is 5. The maximum Gasteiger partial charge on any atom is 0.410 e. The Morgan fingerprint density at radius 1 is 0.941 bits per heavy atom. The van der Waals surface area contributed by atoms with Crippen LogP contribution in [0.2, 0.25) is 0 Å². The maximum atomic E-state index is 14.3. The normalized spacial score (nSPS) is 28.8. The first kappa shape index (κ1) is 36.9. The molecule has 1 aromatic carbocycles. The minimum atomic E-state index is -4.07. The third-order valence-electron chi connectivity index (χ3n) is 10.5. The molecule has 5 atom stereocenters. The minimum Gasteiger partial charge on any atom is -0.444 e. The quantitative estimate of drug-likeness (QED) is 0.410. The van der Waals surface area contributed by atoms with Crippen molar-refractivity contribution in [3.05, 3.63) is 35.4 Å². The predicted molar refractivity (Wildman–Crippen MR) is 184 cm³/mol. The Morgan fingerprint density at radius 3 is 2.22 bits per heavy atom. The first-order chi connectivity index (χ1) is 24.1. The van der Waals surface area contributed by atoms with Crippen LogP contribution in [0.25, 0.3) is 0 Å². The average molecular weight is 731 g/mol.